The number of carbonyl (C=O) groups is 1. The zero-order valence-electron chi connectivity index (χ0n) is 21.4. The number of esters is 1. The lowest BCUT2D eigenvalue weighted by molar-refractivity contribution is -0.142. The van der Waals surface area contributed by atoms with Gasteiger partial charge in [-0.15, -0.1) is 0 Å². The van der Waals surface area contributed by atoms with E-state index in [0.29, 0.717) is 17.0 Å². The Morgan fingerprint density at radius 1 is 1.37 bits per heavy atom. The number of methoxy groups -OCH3 is 1. The van der Waals surface area contributed by atoms with E-state index in [4.69, 9.17) is 19.5 Å². The number of alkyl halides is 1. The molecule has 0 amide bonds. The summed E-state index contributed by atoms with van der Waals surface area (Å²) in [5.41, 5.74) is 4.40. The number of rotatable bonds is 10. The van der Waals surface area contributed by atoms with E-state index < -0.39 is 43.5 Å². The fraction of sp³-hybridized carbons (Fsp3) is 0.478. The molecular weight excluding hydrogens is 520 g/mol. The van der Waals surface area contributed by atoms with Crippen LogP contribution in [0.25, 0.3) is 11.2 Å². The van der Waals surface area contributed by atoms with Crippen molar-refractivity contribution in [2.45, 2.75) is 44.1 Å². The minimum absolute atomic E-state index is 0.0209. The lowest BCUT2D eigenvalue weighted by Gasteiger charge is -2.28. The summed E-state index contributed by atoms with van der Waals surface area (Å²) in [6, 6.07) is 6.30. The molecule has 1 saturated carbocycles. The first-order valence-corrected chi connectivity index (χ1v) is 13.4. The van der Waals surface area contributed by atoms with Crippen LogP contribution in [0, 0.1) is 5.92 Å². The van der Waals surface area contributed by atoms with Crippen LogP contribution in [0.5, 0.6) is 5.75 Å². The van der Waals surface area contributed by atoms with Gasteiger partial charge in [0, 0.05) is 13.0 Å². The van der Waals surface area contributed by atoms with E-state index in [1.54, 1.807) is 37.4 Å². The topological polar surface area (TPSA) is 176 Å². The normalized spacial score (nSPS) is 25.6. The van der Waals surface area contributed by atoms with Crippen molar-refractivity contribution >= 4 is 36.6 Å². The van der Waals surface area contributed by atoms with Crippen LogP contribution in [0.1, 0.15) is 26.3 Å². The van der Waals surface area contributed by atoms with Crippen LogP contribution in [-0.2, 0) is 18.6 Å². The number of aliphatic hydroxyl groups excluding tert-OH is 1. The van der Waals surface area contributed by atoms with Gasteiger partial charge in [0.1, 0.15) is 11.8 Å². The number of nitrogens with zero attached hydrogens (tertiary/aromatic N) is 4. The number of hydrogen-bond donors (Lipinski definition) is 4. The van der Waals surface area contributed by atoms with Crippen molar-refractivity contribution in [2.75, 3.05) is 31.8 Å². The lowest BCUT2D eigenvalue weighted by Crippen LogP contribution is -2.39. The first kappa shape index (κ1) is 27.7. The third-order valence-corrected chi connectivity index (χ3v) is 8.19. The number of hydrogen-bond acceptors (Lipinski definition) is 11. The molecule has 0 spiro atoms. The SMILES string of the molecule is CNc1nc(N)nc2c1ncn2[C@@H]1C[C@H](CO[P@@](=O)(N[C@H](C)C(=O)OC)Oc2ccccc2)[C@@H](O)[C@@]1(C)F. The molecule has 1 aromatic carbocycles. The molecule has 1 aliphatic carbocycles. The molecule has 6 atom stereocenters. The third kappa shape index (κ3) is 5.44. The van der Waals surface area contributed by atoms with E-state index in [1.165, 1.54) is 31.9 Å². The molecular formula is C23H31FN7O6P. The van der Waals surface area contributed by atoms with Crippen molar-refractivity contribution in [1.82, 2.24) is 24.6 Å². The molecule has 1 aliphatic rings. The number of nitrogens with two attached hydrogens (primary N) is 1. The molecule has 15 heteroatoms. The summed E-state index contributed by atoms with van der Waals surface area (Å²) in [5.74, 6) is -0.888. The predicted molar refractivity (Wildman–Crippen MR) is 137 cm³/mol. The van der Waals surface area contributed by atoms with Crippen LogP contribution in [0.2, 0.25) is 0 Å². The zero-order chi connectivity index (χ0) is 27.7. The molecule has 1 fully saturated rings. The molecule has 38 heavy (non-hydrogen) atoms. The maximum absolute atomic E-state index is 16.0. The lowest BCUT2D eigenvalue weighted by atomic mass is 9.98. The smallest absolute Gasteiger partial charge is 0.459 e. The second-order valence-corrected chi connectivity index (χ2v) is 10.9. The average Bonchev–Trinajstić information content (AvgIpc) is 3.39. The summed E-state index contributed by atoms with van der Waals surface area (Å²) in [6.45, 7) is 2.37. The summed E-state index contributed by atoms with van der Waals surface area (Å²) in [7, 11) is -1.33. The van der Waals surface area contributed by atoms with Crippen molar-refractivity contribution < 1.29 is 32.6 Å². The van der Waals surface area contributed by atoms with Gasteiger partial charge in [-0.1, -0.05) is 18.2 Å². The second-order valence-electron chi connectivity index (χ2n) is 9.18. The van der Waals surface area contributed by atoms with Gasteiger partial charge in [0.15, 0.2) is 22.7 Å². The molecule has 4 rings (SSSR count). The fourth-order valence-corrected chi connectivity index (χ4v) is 6.10. The van der Waals surface area contributed by atoms with Crippen LogP contribution in [0.15, 0.2) is 36.7 Å². The number of fused-ring (bicyclic) bond motifs is 1. The summed E-state index contributed by atoms with van der Waals surface area (Å²) in [6.07, 6.45) is 0.0216. The van der Waals surface area contributed by atoms with Gasteiger partial charge in [-0.05, 0) is 32.4 Å². The summed E-state index contributed by atoms with van der Waals surface area (Å²) in [5, 5.41) is 16.3. The highest BCUT2D eigenvalue weighted by Gasteiger charge is 2.54. The Bertz CT molecular complexity index is 1340. The number of nitrogen functional groups attached to an aromatic ring is 1. The Balaban J connectivity index is 1.57. The van der Waals surface area contributed by atoms with Crippen LogP contribution < -0.4 is 20.7 Å². The van der Waals surface area contributed by atoms with Gasteiger partial charge in [-0.2, -0.15) is 15.1 Å². The largest absolute Gasteiger partial charge is 0.468 e. The van der Waals surface area contributed by atoms with Crippen molar-refractivity contribution in [1.29, 1.82) is 0 Å². The first-order valence-electron chi connectivity index (χ1n) is 11.9. The number of para-hydroxylation sites is 1. The minimum atomic E-state index is -4.17. The Kier molecular flexibility index (Phi) is 7.88. The molecule has 206 valence electrons. The summed E-state index contributed by atoms with van der Waals surface area (Å²) in [4.78, 5) is 24.6. The number of aromatic nitrogens is 4. The molecule has 2 aromatic heterocycles. The number of halogens is 1. The first-order chi connectivity index (χ1) is 18.0. The molecule has 3 aromatic rings. The molecule has 0 saturated heterocycles. The Morgan fingerprint density at radius 3 is 2.74 bits per heavy atom. The van der Waals surface area contributed by atoms with Crippen LogP contribution in [0.4, 0.5) is 16.2 Å². The number of carbonyl (C=O) groups excluding carboxylic acids is 1. The Hall–Kier alpha value is -3.32. The molecule has 0 unspecified atom stereocenters. The number of imidazole rings is 1. The van der Waals surface area contributed by atoms with E-state index in [-0.39, 0.29) is 24.7 Å². The van der Waals surface area contributed by atoms with E-state index in [2.05, 4.69) is 25.4 Å². The predicted octanol–water partition coefficient (Wildman–Crippen LogP) is 2.46. The molecule has 2 heterocycles. The quantitative estimate of drug-likeness (QED) is 0.214. The highest BCUT2D eigenvalue weighted by atomic mass is 31.2. The molecule has 13 nitrogen and oxygen atoms in total. The molecule has 0 aliphatic heterocycles. The van der Waals surface area contributed by atoms with E-state index >= 15 is 4.39 Å². The van der Waals surface area contributed by atoms with Gasteiger partial charge in [-0.3, -0.25) is 9.32 Å². The second kappa shape index (κ2) is 10.8. The number of aliphatic hydroxyl groups is 1. The van der Waals surface area contributed by atoms with Crippen molar-refractivity contribution in [2.24, 2.45) is 5.92 Å². The van der Waals surface area contributed by atoms with Crippen LogP contribution >= 0.6 is 7.75 Å². The van der Waals surface area contributed by atoms with Gasteiger partial charge >= 0.3 is 13.7 Å². The van der Waals surface area contributed by atoms with Gasteiger partial charge in [0.25, 0.3) is 0 Å². The van der Waals surface area contributed by atoms with Gasteiger partial charge < -0.3 is 30.0 Å². The average molecular weight is 552 g/mol. The van der Waals surface area contributed by atoms with Crippen molar-refractivity contribution in [3.05, 3.63) is 36.7 Å². The van der Waals surface area contributed by atoms with Crippen molar-refractivity contribution in [3.8, 4) is 5.75 Å². The van der Waals surface area contributed by atoms with Gasteiger partial charge in [0.05, 0.1) is 32.2 Å². The Morgan fingerprint density at radius 2 is 2.08 bits per heavy atom. The molecule has 0 bridgehead atoms. The third-order valence-electron chi connectivity index (χ3n) is 6.55. The summed E-state index contributed by atoms with van der Waals surface area (Å²) >= 11 is 0. The van der Waals surface area contributed by atoms with E-state index in [0.717, 1.165) is 0 Å². The number of anilines is 2. The van der Waals surface area contributed by atoms with Crippen LogP contribution in [0.3, 0.4) is 0 Å². The standard InChI is InChI=1S/C23H31FN7O6P/c1-13(21(33)35-4)30-38(34,37-15-8-6-5-7-9-15)36-11-14-10-16(23(2,24)18(14)32)31-12-27-17-19(26-3)28-22(25)29-20(17)31/h5-9,12-14,16,18,32H,10-11H2,1-4H3,(H,30,34)(H3,25,26,28,29)/t13-,14-,16-,18-,23+,38+/m1/s1. The zero-order valence-corrected chi connectivity index (χ0v) is 22.3. The number of ether oxygens (including phenoxy) is 1. The molecule has 5 N–H and O–H groups in total. The monoisotopic (exact) mass is 551 g/mol. The number of nitrogens with one attached hydrogen (secondary N) is 2. The highest BCUT2D eigenvalue weighted by molar-refractivity contribution is 7.52. The highest BCUT2D eigenvalue weighted by Crippen LogP contribution is 2.50. The fourth-order valence-electron chi connectivity index (χ4n) is 4.56. The van der Waals surface area contributed by atoms with Crippen LogP contribution in [-0.4, -0.2) is 69.2 Å². The number of benzene rings is 1. The van der Waals surface area contributed by atoms with Gasteiger partial charge in [-0.25, -0.2) is 13.9 Å². The minimum Gasteiger partial charge on any atom is -0.468 e. The summed E-state index contributed by atoms with van der Waals surface area (Å²) < 4.78 is 47.1. The van der Waals surface area contributed by atoms with Crippen molar-refractivity contribution in [3.63, 3.8) is 0 Å². The maximum atomic E-state index is 16.0. The van der Waals surface area contributed by atoms with E-state index in [9.17, 15) is 14.5 Å². The van der Waals surface area contributed by atoms with E-state index in [1.807, 2.05) is 0 Å². The maximum Gasteiger partial charge on any atom is 0.459 e. The molecule has 0 radical (unpaired) electrons. The van der Waals surface area contributed by atoms with Gasteiger partial charge in [0.2, 0.25) is 5.95 Å². The Labute approximate surface area is 218 Å².